The van der Waals surface area contributed by atoms with Gasteiger partial charge in [0.1, 0.15) is 11.6 Å². The Labute approximate surface area is 198 Å². The molecule has 2 saturated heterocycles. The molecule has 2 atom stereocenters. The van der Waals surface area contributed by atoms with Crippen LogP contribution < -0.4 is 10.1 Å². The van der Waals surface area contributed by atoms with Gasteiger partial charge in [0.05, 0.1) is 32.5 Å². The lowest BCUT2D eigenvalue weighted by Crippen LogP contribution is -2.52. The van der Waals surface area contributed by atoms with Gasteiger partial charge in [0.25, 0.3) is 5.91 Å². The number of morpholine rings is 1. The number of hydrogen-bond donors (Lipinski definition) is 1. The molecule has 0 radical (unpaired) electrons. The van der Waals surface area contributed by atoms with E-state index in [4.69, 9.17) is 14.2 Å². The summed E-state index contributed by atoms with van der Waals surface area (Å²) in [4.78, 5) is 29.4. The van der Waals surface area contributed by atoms with Crippen molar-refractivity contribution in [3.63, 3.8) is 0 Å². The second-order valence-electron chi connectivity index (χ2n) is 8.45. The minimum absolute atomic E-state index is 0.0412. The van der Waals surface area contributed by atoms with E-state index in [9.17, 15) is 14.0 Å². The molecule has 2 aromatic rings. The van der Waals surface area contributed by atoms with Crippen molar-refractivity contribution < 1.29 is 28.2 Å². The average Bonchev–Trinajstić information content (AvgIpc) is 3.37. The number of ether oxygens (including phenoxy) is 3. The smallest absolute Gasteiger partial charge is 0.322 e. The minimum Gasteiger partial charge on any atom is -0.497 e. The Balaban J connectivity index is 1.41. The summed E-state index contributed by atoms with van der Waals surface area (Å²) in [6, 6.07) is 12.4. The highest BCUT2D eigenvalue weighted by molar-refractivity contribution is 5.94. The molecule has 0 aliphatic carbocycles. The third kappa shape index (κ3) is 6.24. The van der Waals surface area contributed by atoms with E-state index in [-0.39, 0.29) is 24.1 Å². The van der Waals surface area contributed by atoms with E-state index in [0.717, 1.165) is 12.8 Å². The van der Waals surface area contributed by atoms with Gasteiger partial charge in [-0.1, -0.05) is 6.07 Å². The molecule has 1 N–H and O–H groups in total. The van der Waals surface area contributed by atoms with Crippen molar-refractivity contribution in [3.05, 3.63) is 59.9 Å². The van der Waals surface area contributed by atoms with Crippen molar-refractivity contribution in [1.82, 2.24) is 9.80 Å². The molecule has 0 spiro atoms. The van der Waals surface area contributed by atoms with Gasteiger partial charge in [-0.15, -0.1) is 0 Å². The highest BCUT2D eigenvalue weighted by Crippen LogP contribution is 2.19. The quantitative estimate of drug-likeness (QED) is 0.670. The minimum atomic E-state index is -0.393. The fourth-order valence-electron chi connectivity index (χ4n) is 4.21. The molecule has 0 aromatic heterocycles. The summed E-state index contributed by atoms with van der Waals surface area (Å²) in [7, 11) is 1.57. The molecule has 0 bridgehead atoms. The van der Waals surface area contributed by atoms with Gasteiger partial charge < -0.3 is 29.3 Å². The Morgan fingerprint density at radius 3 is 2.62 bits per heavy atom. The largest absolute Gasteiger partial charge is 0.497 e. The summed E-state index contributed by atoms with van der Waals surface area (Å²) in [5, 5.41) is 2.89. The van der Waals surface area contributed by atoms with E-state index in [2.05, 4.69) is 5.32 Å². The molecule has 2 aliphatic rings. The average molecular weight is 472 g/mol. The molecule has 2 aromatic carbocycles. The molecule has 0 saturated carbocycles. The summed E-state index contributed by atoms with van der Waals surface area (Å²) in [5.74, 6) is 0.0503. The number of methoxy groups -OCH3 is 1. The van der Waals surface area contributed by atoms with Crippen LogP contribution in [0.4, 0.5) is 14.9 Å². The van der Waals surface area contributed by atoms with Crippen LogP contribution >= 0.6 is 0 Å². The number of halogens is 1. The first-order chi connectivity index (χ1) is 16.5. The Morgan fingerprint density at radius 1 is 1.12 bits per heavy atom. The Kier molecular flexibility index (Phi) is 7.97. The number of nitrogens with zero attached hydrogens (tertiary/aromatic N) is 2. The second-order valence-corrected chi connectivity index (χ2v) is 8.45. The molecule has 2 heterocycles. The molecule has 182 valence electrons. The van der Waals surface area contributed by atoms with Crippen LogP contribution in [0.5, 0.6) is 5.75 Å². The van der Waals surface area contributed by atoms with Gasteiger partial charge in [-0.05, 0) is 49.2 Å². The first-order valence-electron chi connectivity index (χ1n) is 11.5. The highest BCUT2D eigenvalue weighted by atomic mass is 19.1. The van der Waals surface area contributed by atoms with Gasteiger partial charge in [0, 0.05) is 43.6 Å². The molecule has 2 fully saturated rings. The van der Waals surface area contributed by atoms with Crippen molar-refractivity contribution in [2.24, 2.45) is 0 Å². The molecule has 34 heavy (non-hydrogen) atoms. The zero-order valence-electron chi connectivity index (χ0n) is 19.2. The van der Waals surface area contributed by atoms with Crippen LogP contribution in [0.2, 0.25) is 0 Å². The topological polar surface area (TPSA) is 80.3 Å². The molecule has 2 aliphatic heterocycles. The number of anilines is 1. The van der Waals surface area contributed by atoms with Crippen LogP contribution in [0.3, 0.4) is 0 Å². The lowest BCUT2D eigenvalue weighted by atomic mass is 10.1. The van der Waals surface area contributed by atoms with E-state index < -0.39 is 5.82 Å². The summed E-state index contributed by atoms with van der Waals surface area (Å²) in [5.41, 5.74) is 1.04. The molecular formula is C25H30FN3O5. The van der Waals surface area contributed by atoms with Gasteiger partial charge in [0.15, 0.2) is 0 Å². The van der Waals surface area contributed by atoms with E-state index in [1.807, 2.05) is 0 Å². The lowest BCUT2D eigenvalue weighted by molar-refractivity contribution is -0.0315. The summed E-state index contributed by atoms with van der Waals surface area (Å²) in [6.45, 7) is 2.57. The highest BCUT2D eigenvalue weighted by Gasteiger charge is 2.30. The predicted molar refractivity (Wildman–Crippen MR) is 125 cm³/mol. The van der Waals surface area contributed by atoms with Gasteiger partial charge in [0.2, 0.25) is 0 Å². The SMILES string of the molecule is COc1cccc(NC(=O)N2CCOC(CN(CC3CCCO3)C(=O)c3ccc(F)cc3)C2)c1. The maximum atomic E-state index is 13.4. The van der Waals surface area contributed by atoms with E-state index in [1.165, 1.54) is 24.3 Å². The maximum Gasteiger partial charge on any atom is 0.322 e. The number of nitrogens with one attached hydrogen (secondary N) is 1. The van der Waals surface area contributed by atoms with Gasteiger partial charge in [-0.25, -0.2) is 9.18 Å². The fourth-order valence-corrected chi connectivity index (χ4v) is 4.21. The van der Waals surface area contributed by atoms with E-state index in [0.29, 0.717) is 56.4 Å². The summed E-state index contributed by atoms with van der Waals surface area (Å²) >= 11 is 0. The van der Waals surface area contributed by atoms with E-state index in [1.54, 1.807) is 41.2 Å². The normalized spacial score (nSPS) is 20.1. The van der Waals surface area contributed by atoms with Crippen LogP contribution in [-0.4, -0.2) is 80.4 Å². The van der Waals surface area contributed by atoms with Crippen LogP contribution in [0.25, 0.3) is 0 Å². The number of benzene rings is 2. The summed E-state index contributed by atoms with van der Waals surface area (Å²) in [6.07, 6.45) is 1.45. The number of carbonyl (C=O) groups is 2. The third-order valence-corrected chi connectivity index (χ3v) is 6.00. The first kappa shape index (κ1) is 24.0. The lowest BCUT2D eigenvalue weighted by Gasteiger charge is -2.36. The van der Waals surface area contributed by atoms with Crippen molar-refractivity contribution in [3.8, 4) is 5.75 Å². The Bertz CT molecular complexity index is 981. The van der Waals surface area contributed by atoms with E-state index >= 15 is 0 Å². The fraction of sp³-hybridized carbons (Fsp3) is 0.440. The maximum absolute atomic E-state index is 13.4. The molecular weight excluding hydrogens is 441 g/mol. The number of rotatable bonds is 7. The van der Waals surface area contributed by atoms with Gasteiger partial charge >= 0.3 is 6.03 Å². The molecule has 2 unspecified atom stereocenters. The monoisotopic (exact) mass is 471 g/mol. The number of hydrogen-bond acceptors (Lipinski definition) is 5. The van der Waals surface area contributed by atoms with Gasteiger partial charge in [-0.3, -0.25) is 4.79 Å². The van der Waals surface area contributed by atoms with Crippen LogP contribution in [-0.2, 0) is 9.47 Å². The molecule has 3 amide bonds. The van der Waals surface area contributed by atoms with Crippen molar-refractivity contribution in [2.75, 3.05) is 51.8 Å². The molecule has 4 rings (SSSR count). The van der Waals surface area contributed by atoms with Crippen molar-refractivity contribution in [2.45, 2.75) is 25.0 Å². The first-order valence-corrected chi connectivity index (χ1v) is 11.5. The van der Waals surface area contributed by atoms with Gasteiger partial charge in [-0.2, -0.15) is 0 Å². The third-order valence-electron chi connectivity index (χ3n) is 6.00. The molecule has 8 nitrogen and oxygen atoms in total. The van der Waals surface area contributed by atoms with Crippen LogP contribution in [0.1, 0.15) is 23.2 Å². The van der Waals surface area contributed by atoms with Crippen molar-refractivity contribution in [1.29, 1.82) is 0 Å². The second kappa shape index (κ2) is 11.3. The zero-order chi connectivity index (χ0) is 23.9. The summed E-state index contributed by atoms with van der Waals surface area (Å²) < 4.78 is 30.2. The Morgan fingerprint density at radius 2 is 1.88 bits per heavy atom. The standard InChI is InChI=1S/C25H30FN3O5/c1-32-21-5-2-4-20(14-21)27-25(31)28-11-13-34-23(16-28)17-29(15-22-6-3-12-33-22)24(30)18-7-9-19(26)10-8-18/h2,4-5,7-10,14,22-23H,3,6,11-13,15-17H2,1H3,(H,27,31). The number of urea groups is 1. The zero-order valence-corrected chi connectivity index (χ0v) is 19.2. The number of amides is 3. The Hall–Kier alpha value is -3.17. The van der Waals surface area contributed by atoms with Crippen LogP contribution in [0, 0.1) is 5.82 Å². The van der Waals surface area contributed by atoms with Crippen LogP contribution in [0.15, 0.2) is 48.5 Å². The molecule has 9 heteroatoms. The number of carbonyl (C=O) groups excluding carboxylic acids is 2. The van der Waals surface area contributed by atoms with Crippen molar-refractivity contribution >= 4 is 17.6 Å². The predicted octanol–water partition coefficient (Wildman–Crippen LogP) is 3.39.